The molecule has 3 nitrogen and oxygen atoms in total. The third-order valence-corrected chi connectivity index (χ3v) is 13.4. The Morgan fingerprint density at radius 3 is 1.82 bits per heavy atom. The van der Waals surface area contributed by atoms with Gasteiger partial charge in [-0.2, -0.15) is 25.2 Å². The summed E-state index contributed by atoms with van der Waals surface area (Å²) in [7, 11) is -9.19. The number of aryl methyl sites for hydroxylation is 2. The van der Waals surface area contributed by atoms with E-state index in [1.165, 1.54) is 23.1 Å². The lowest BCUT2D eigenvalue weighted by molar-refractivity contribution is -0.0496. The molecule has 0 saturated heterocycles. The van der Waals surface area contributed by atoms with Gasteiger partial charge in [0.05, 0.1) is 12.6 Å². The van der Waals surface area contributed by atoms with E-state index >= 15 is 0 Å². The second-order valence-electron chi connectivity index (χ2n) is 7.26. The Balaban J connectivity index is 1.97. The molecule has 2 heterocycles. The minimum Gasteiger partial charge on any atom is -0.199 e. The average molecular weight is 561 g/mol. The Morgan fingerprint density at radius 2 is 1.35 bits per heavy atom. The SMILES string of the molecule is Cc1ccc(S(OS(=O)(=O)C(F)(F)F)(c2ccc(C)cc2)c2ccc(Sc3cccs3)s2)cc1. The molecule has 2 aromatic heterocycles. The first-order valence-corrected chi connectivity index (χ1v) is 15.3. The molecule has 0 aliphatic heterocycles. The number of alkyl halides is 3. The smallest absolute Gasteiger partial charge is 0.199 e. The van der Waals surface area contributed by atoms with Crippen molar-refractivity contribution in [2.24, 2.45) is 0 Å². The van der Waals surface area contributed by atoms with Crippen molar-refractivity contribution in [2.75, 3.05) is 0 Å². The van der Waals surface area contributed by atoms with E-state index in [1.807, 2.05) is 31.4 Å². The van der Waals surface area contributed by atoms with Crippen LogP contribution in [-0.4, -0.2) is 13.9 Å². The fraction of sp³-hybridized carbons (Fsp3) is 0.130. The van der Waals surface area contributed by atoms with Crippen LogP contribution >= 0.6 is 44.7 Å². The molecule has 0 aliphatic carbocycles. The van der Waals surface area contributed by atoms with Gasteiger partial charge in [-0.1, -0.05) is 53.2 Å². The van der Waals surface area contributed by atoms with Crippen LogP contribution in [0.3, 0.4) is 0 Å². The Bertz CT molecular complexity index is 1310. The van der Waals surface area contributed by atoms with Gasteiger partial charge < -0.3 is 0 Å². The molecule has 11 heteroatoms. The fourth-order valence-electron chi connectivity index (χ4n) is 3.05. The Kier molecular flexibility index (Phi) is 7.24. The van der Waals surface area contributed by atoms with Crippen molar-refractivity contribution < 1.29 is 25.2 Å². The fourth-order valence-corrected chi connectivity index (χ4v) is 12.0. The number of rotatable bonds is 7. The van der Waals surface area contributed by atoms with Crippen molar-refractivity contribution in [1.82, 2.24) is 0 Å². The zero-order valence-corrected chi connectivity index (χ0v) is 22.0. The van der Waals surface area contributed by atoms with Crippen molar-refractivity contribution in [2.45, 2.75) is 41.8 Å². The molecule has 0 saturated carbocycles. The summed E-state index contributed by atoms with van der Waals surface area (Å²) in [5, 5.41) is 1.93. The lowest BCUT2D eigenvalue weighted by atomic mass is 10.2. The van der Waals surface area contributed by atoms with E-state index in [2.05, 4.69) is 0 Å². The summed E-state index contributed by atoms with van der Waals surface area (Å²) in [6, 6.07) is 20.8. The number of hydrogen-bond acceptors (Lipinski definition) is 6. The van der Waals surface area contributed by atoms with Crippen molar-refractivity contribution in [1.29, 1.82) is 0 Å². The summed E-state index contributed by atoms with van der Waals surface area (Å²) < 4.78 is 73.3. The van der Waals surface area contributed by atoms with Gasteiger partial charge in [0, 0.05) is 9.79 Å². The topological polar surface area (TPSA) is 43.4 Å². The molecule has 0 radical (unpaired) electrons. The van der Waals surface area contributed by atoms with Crippen LogP contribution in [0.25, 0.3) is 0 Å². The van der Waals surface area contributed by atoms with Gasteiger partial charge in [0.25, 0.3) is 0 Å². The molecule has 0 atom stereocenters. The molecule has 0 fully saturated rings. The molecule has 0 bridgehead atoms. The summed E-state index contributed by atoms with van der Waals surface area (Å²) in [6.07, 6.45) is 0. The summed E-state index contributed by atoms with van der Waals surface area (Å²) in [5.74, 6) is 0. The van der Waals surface area contributed by atoms with Gasteiger partial charge in [-0.15, -0.1) is 22.7 Å². The maximum atomic E-state index is 13.6. The van der Waals surface area contributed by atoms with Crippen LogP contribution in [-0.2, 0) is 13.7 Å². The summed E-state index contributed by atoms with van der Waals surface area (Å²) in [4.78, 5) is 0.730. The van der Waals surface area contributed by atoms with Crippen molar-refractivity contribution in [3.05, 3.63) is 89.3 Å². The molecule has 0 aliphatic rings. The van der Waals surface area contributed by atoms with Crippen LogP contribution < -0.4 is 0 Å². The lowest BCUT2D eigenvalue weighted by Crippen LogP contribution is -2.27. The maximum Gasteiger partial charge on any atom is 0.524 e. The quantitative estimate of drug-likeness (QED) is 0.212. The van der Waals surface area contributed by atoms with Crippen LogP contribution in [0.4, 0.5) is 13.2 Å². The molecular weight excluding hydrogens is 542 g/mol. The maximum absolute atomic E-state index is 13.6. The first-order valence-electron chi connectivity index (χ1n) is 9.82. The molecule has 34 heavy (non-hydrogen) atoms. The lowest BCUT2D eigenvalue weighted by Gasteiger charge is -2.38. The van der Waals surface area contributed by atoms with Gasteiger partial charge >= 0.3 is 15.6 Å². The molecule has 4 rings (SSSR count). The third kappa shape index (κ3) is 5.09. The van der Waals surface area contributed by atoms with Gasteiger partial charge in [0.2, 0.25) is 0 Å². The van der Waals surface area contributed by atoms with E-state index in [0.29, 0.717) is 14.0 Å². The minimum atomic E-state index is -5.92. The highest BCUT2D eigenvalue weighted by atomic mass is 32.3. The Hall–Kier alpha value is -1.76. The minimum absolute atomic E-state index is 0.365. The third-order valence-electron chi connectivity index (χ3n) is 4.72. The highest BCUT2D eigenvalue weighted by Gasteiger charge is 2.52. The molecule has 180 valence electrons. The van der Waals surface area contributed by atoms with E-state index in [-0.39, 0.29) is 0 Å². The molecule has 0 amide bonds. The molecule has 0 unspecified atom stereocenters. The van der Waals surface area contributed by atoms with E-state index in [9.17, 15) is 21.6 Å². The molecular formula is C23H19F3O3S5. The van der Waals surface area contributed by atoms with Gasteiger partial charge in [0.1, 0.15) is 0 Å². The standard InChI is InChI=1S/C23H19F3O3S5/c1-16-5-9-18(10-6-16)33(19-11-7-17(2)8-12-19,29-34(27,28)23(24,25)26)22-14-13-21(32-22)31-20-4-3-15-30-20/h3-15H,1-2H3. The number of benzene rings is 2. The Morgan fingerprint density at radius 1 is 0.794 bits per heavy atom. The average Bonchev–Trinajstić information content (AvgIpc) is 3.45. The first-order chi connectivity index (χ1) is 16.0. The van der Waals surface area contributed by atoms with Crippen molar-refractivity contribution in [3.8, 4) is 0 Å². The largest absolute Gasteiger partial charge is 0.524 e. The van der Waals surface area contributed by atoms with Gasteiger partial charge in [0.15, 0.2) is 0 Å². The van der Waals surface area contributed by atoms with E-state index < -0.39 is 25.9 Å². The van der Waals surface area contributed by atoms with Crippen LogP contribution in [0, 0.1) is 13.8 Å². The summed E-state index contributed by atoms with van der Waals surface area (Å²) in [6.45, 7) is 3.70. The zero-order valence-electron chi connectivity index (χ0n) is 17.9. The van der Waals surface area contributed by atoms with E-state index in [0.717, 1.165) is 19.5 Å². The van der Waals surface area contributed by atoms with Crippen molar-refractivity contribution in [3.63, 3.8) is 0 Å². The van der Waals surface area contributed by atoms with Gasteiger partial charge in [-0.05, 0) is 72.0 Å². The van der Waals surface area contributed by atoms with E-state index in [4.69, 9.17) is 3.63 Å². The summed E-state index contributed by atoms with van der Waals surface area (Å²) >= 11 is 4.25. The molecule has 2 aromatic carbocycles. The number of halogens is 3. The second-order valence-corrected chi connectivity index (χ2v) is 15.6. The van der Waals surface area contributed by atoms with Crippen LogP contribution in [0.2, 0.25) is 0 Å². The monoisotopic (exact) mass is 560 g/mol. The van der Waals surface area contributed by atoms with Crippen LogP contribution in [0.5, 0.6) is 0 Å². The number of thiophene rings is 2. The Labute approximate surface area is 210 Å². The predicted molar refractivity (Wildman–Crippen MR) is 134 cm³/mol. The molecule has 4 aromatic rings. The normalized spacial score (nSPS) is 13.2. The van der Waals surface area contributed by atoms with Crippen LogP contribution in [0.15, 0.2) is 101 Å². The van der Waals surface area contributed by atoms with E-state index in [1.54, 1.807) is 72.0 Å². The van der Waals surface area contributed by atoms with Crippen LogP contribution in [0.1, 0.15) is 11.1 Å². The predicted octanol–water partition coefficient (Wildman–Crippen LogP) is 8.64. The molecule has 0 N–H and O–H groups in total. The second kappa shape index (κ2) is 9.71. The highest BCUT2D eigenvalue weighted by Crippen LogP contribution is 2.72. The van der Waals surface area contributed by atoms with Gasteiger partial charge in [-0.3, -0.25) is 0 Å². The molecule has 0 spiro atoms. The number of hydrogen-bond donors (Lipinski definition) is 0. The zero-order chi connectivity index (χ0) is 24.6. The first kappa shape index (κ1) is 25.3. The van der Waals surface area contributed by atoms with Gasteiger partial charge in [-0.25, -0.2) is 0 Å². The highest BCUT2D eigenvalue weighted by molar-refractivity contribution is 8.34. The van der Waals surface area contributed by atoms with Crippen molar-refractivity contribution >= 4 is 54.9 Å². The summed E-state index contributed by atoms with van der Waals surface area (Å²) in [5.41, 5.74) is -3.79.